The molecule has 0 aliphatic carbocycles. The van der Waals surface area contributed by atoms with E-state index >= 15 is 0 Å². The summed E-state index contributed by atoms with van der Waals surface area (Å²) in [6.45, 7) is 2.35. The van der Waals surface area contributed by atoms with Crippen LogP contribution in [0.5, 0.6) is 0 Å². The van der Waals surface area contributed by atoms with Gasteiger partial charge in [0, 0.05) is 32.3 Å². The molecular weight excluding hydrogens is 270 g/mol. The Morgan fingerprint density at radius 1 is 1.52 bits per heavy atom. The highest BCUT2D eigenvalue weighted by Crippen LogP contribution is 2.05. The van der Waals surface area contributed by atoms with Crippen molar-refractivity contribution in [1.82, 2.24) is 20.4 Å². The number of hydrogen-bond donors (Lipinski definition) is 2. The Balaban J connectivity index is 1.97. The minimum Gasteiger partial charge on any atom is -0.352 e. The van der Waals surface area contributed by atoms with Gasteiger partial charge < -0.3 is 15.6 Å². The van der Waals surface area contributed by atoms with Crippen LogP contribution < -0.4 is 11.1 Å². The molecule has 2 aromatic heterocycles. The summed E-state index contributed by atoms with van der Waals surface area (Å²) in [7, 11) is 0. The van der Waals surface area contributed by atoms with Gasteiger partial charge in [-0.25, -0.2) is 0 Å². The lowest BCUT2D eigenvalue weighted by Crippen LogP contribution is -2.26. The largest absolute Gasteiger partial charge is 0.352 e. The third kappa shape index (κ3) is 4.12. The van der Waals surface area contributed by atoms with Crippen molar-refractivity contribution in [3.05, 3.63) is 41.3 Å². The molecule has 0 aliphatic rings. The Morgan fingerprint density at radius 2 is 2.38 bits per heavy atom. The topological polar surface area (TPSA) is 107 Å². The van der Waals surface area contributed by atoms with Crippen LogP contribution in [0.3, 0.4) is 0 Å². The molecule has 2 aromatic rings. The number of hydrogen-bond acceptors (Lipinski definition) is 6. The zero-order valence-corrected chi connectivity index (χ0v) is 11.6. The van der Waals surface area contributed by atoms with E-state index in [9.17, 15) is 4.79 Å². The second-order valence-corrected chi connectivity index (χ2v) is 4.16. The van der Waals surface area contributed by atoms with Gasteiger partial charge in [0.05, 0.1) is 17.7 Å². The number of amides is 1. The van der Waals surface area contributed by atoms with Gasteiger partial charge in [-0.1, -0.05) is 17.0 Å². The van der Waals surface area contributed by atoms with E-state index in [1.54, 1.807) is 25.4 Å². The van der Waals surface area contributed by atoms with Crippen LogP contribution in [0.25, 0.3) is 0 Å². The molecule has 0 radical (unpaired) electrons. The highest BCUT2D eigenvalue weighted by molar-refractivity contribution is 5.96. The normalized spacial score (nSPS) is 9.81. The zero-order valence-electron chi connectivity index (χ0n) is 11.6. The lowest BCUT2D eigenvalue weighted by molar-refractivity contribution is 0.0953. The fourth-order valence-electron chi connectivity index (χ4n) is 1.66. The van der Waals surface area contributed by atoms with Crippen molar-refractivity contribution in [3.63, 3.8) is 0 Å². The van der Waals surface area contributed by atoms with E-state index in [1.165, 1.54) is 0 Å². The molecule has 1 amide bonds. The van der Waals surface area contributed by atoms with Crippen molar-refractivity contribution >= 4 is 5.91 Å². The van der Waals surface area contributed by atoms with E-state index < -0.39 is 0 Å². The molecule has 0 fully saturated rings. The maximum absolute atomic E-state index is 12.1. The first-order chi connectivity index (χ1) is 10.2. The molecule has 3 N–H and O–H groups in total. The number of aryl methyl sites for hydroxylation is 1. The fraction of sp³-hybridized carbons (Fsp3) is 0.286. The number of carbonyl (C=O) groups is 1. The maximum atomic E-state index is 12.1. The van der Waals surface area contributed by atoms with E-state index in [4.69, 9.17) is 10.3 Å². The molecule has 0 aromatic carbocycles. The Hall–Kier alpha value is -2.72. The number of rotatable bonds is 4. The fourth-order valence-corrected chi connectivity index (χ4v) is 1.66. The third-order valence-electron chi connectivity index (χ3n) is 2.59. The van der Waals surface area contributed by atoms with Gasteiger partial charge in [-0.2, -0.15) is 4.98 Å². The molecule has 2 heterocycles. The van der Waals surface area contributed by atoms with E-state index in [0.29, 0.717) is 35.8 Å². The average molecular weight is 285 g/mol. The van der Waals surface area contributed by atoms with Crippen LogP contribution in [-0.2, 0) is 6.42 Å². The number of nitrogens with two attached hydrogens (primary N) is 1. The van der Waals surface area contributed by atoms with E-state index in [-0.39, 0.29) is 12.5 Å². The van der Waals surface area contributed by atoms with Crippen molar-refractivity contribution in [2.45, 2.75) is 13.3 Å². The summed E-state index contributed by atoms with van der Waals surface area (Å²) in [4.78, 5) is 20.1. The molecule has 0 saturated carbocycles. The maximum Gasteiger partial charge on any atom is 0.252 e. The lowest BCUT2D eigenvalue weighted by Gasteiger charge is -2.05. The Morgan fingerprint density at radius 3 is 3.10 bits per heavy atom. The predicted octanol–water partition coefficient (Wildman–Crippen LogP) is 0.0557. The van der Waals surface area contributed by atoms with E-state index in [1.807, 2.05) is 0 Å². The summed E-state index contributed by atoms with van der Waals surface area (Å²) < 4.78 is 4.86. The average Bonchev–Trinajstić information content (AvgIpc) is 2.91. The van der Waals surface area contributed by atoms with Crippen molar-refractivity contribution < 1.29 is 9.32 Å². The molecule has 0 saturated heterocycles. The highest BCUT2D eigenvalue weighted by Gasteiger charge is 2.10. The van der Waals surface area contributed by atoms with Crippen LogP contribution in [0.1, 0.15) is 27.6 Å². The molecule has 0 bridgehead atoms. The molecule has 108 valence electrons. The van der Waals surface area contributed by atoms with Crippen LogP contribution in [0, 0.1) is 18.8 Å². The summed E-state index contributed by atoms with van der Waals surface area (Å²) in [6.07, 6.45) is 3.59. The molecule has 7 heteroatoms. The van der Waals surface area contributed by atoms with E-state index in [2.05, 4.69) is 32.3 Å². The second-order valence-electron chi connectivity index (χ2n) is 4.16. The van der Waals surface area contributed by atoms with Gasteiger partial charge in [0.25, 0.3) is 5.91 Å². The van der Waals surface area contributed by atoms with Gasteiger partial charge >= 0.3 is 0 Å². The molecule has 7 nitrogen and oxygen atoms in total. The number of carbonyl (C=O) groups excluding carboxylic acids is 1. The summed E-state index contributed by atoms with van der Waals surface area (Å²) in [5.41, 5.74) is 6.35. The molecular formula is C14H15N5O2. The first-order valence-corrected chi connectivity index (χ1v) is 6.41. The minimum atomic E-state index is -0.223. The zero-order chi connectivity index (χ0) is 15.1. The molecule has 0 atom stereocenters. The minimum absolute atomic E-state index is 0.223. The van der Waals surface area contributed by atoms with Crippen LogP contribution in [0.4, 0.5) is 0 Å². The number of pyridine rings is 1. The SMILES string of the molecule is Cc1nc(CCNC(=O)c2ccncc2C#CCN)no1. The van der Waals surface area contributed by atoms with Crippen LogP contribution in [-0.4, -0.2) is 34.1 Å². The smallest absolute Gasteiger partial charge is 0.252 e. The summed E-state index contributed by atoms with van der Waals surface area (Å²) in [5, 5.41) is 6.55. The molecule has 2 rings (SSSR count). The Kier molecular flexibility index (Phi) is 5.01. The van der Waals surface area contributed by atoms with Gasteiger partial charge in [0.15, 0.2) is 5.82 Å². The van der Waals surface area contributed by atoms with Gasteiger partial charge in [0.2, 0.25) is 5.89 Å². The first kappa shape index (κ1) is 14.7. The quantitative estimate of drug-likeness (QED) is 0.769. The Bertz CT molecular complexity index is 684. The third-order valence-corrected chi connectivity index (χ3v) is 2.59. The molecule has 0 aliphatic heterocycles. The summed E-state index contributed by atoms with van der Waals surface area (Å²) >= 11 is 0. The molecule has 0 unspecified atom stereocenters. The van der Waals surface area contributed by atoms with Crippen molar-refractivity contribution in [2.24, 2.45) is 5.73 Å². The highest BCUT2D eigenvalue weighted by atomic mass is 16.5. The van der Waals surface area contributed by atoms with Crippen LogP contribution in [0.15, 0.2) is 23.0 Å². The van der Waals surface area contributed by atoms with Gasteiger partial charge in [-0.05, 0) is 6.07 Å². The van der Waals surface area contributed by atoms with Crippen LogP contribution in [0.2, 0.25) is 0 Å². The number of nitrogens with zero attached hydrogens (tertiary/aromatic N) is 3. The van der Waals surface area contributed by atoms with Crippen LogP contribution >= 0.6 is 0 Å². The monoisotopic (exact) mass is 285 g/mol. The predicted molar refractivity (Wildman–Crippen MR) is 75.2 cm³/mol. The number of nitrogens with one attached hydrogen (secondary N) is 1. The first-order valence-electron chi connectivity index (χ1n) is 6.41. The van der Waals surface area contributed by atoms with Crippen molar-refractivity contribution in [3.8, 4) is 11.8 Å². The second kappa shape index (κ2) is 7.17. The summed E-state index contributed by atoms with van der Waals surface area (Å²) in [6, 6.07) is 1.62. The number of aromatic nitrogens is 3. The molecule has 0 spiro atoms. The summed E-state index contributed by atoms with van der Waals surface area (Å²) in [5.74, 6) is 6.38. The lowest BCUT2D eigenvalue weighted by atomic mass is 10.1. The van der Waals surface area contributed by atoms with Gasteiger partial charge in [0.1, 0.15) is 0 Å². The van der Waals surface area contributed by atoms with Gasteiger partial charge in [-0.3, -0.25) is 9.78 Å². The Labute approximate surface area is 121 Å². The van der Waals surface area contributed by atoms with Crippen molar-refractivity contribution in [1.29, 1.82) is 0 Å². The van der Waals surface area contributed by atoms with Gasteiger partial charge in [-0.15, -0.1) is 0 Å². The van der Waals surface area contributed by atoms with E-state index in [0.717, 1.165) is 0 Å². The van der Waals surface area contributed by atoms with Crippen molar-refractivity contribution in [2.75, 3.05) is 13.1 Å². The standard InChI is InChI=1S/C14H15N5O2/c1-10-18-13(19-21-10)5-8-17-14(20)12-4-7-16-9-11(12)3-2-6-15/h4,7,9H,5-6,8,15H2,1H3,(H,17,20). The molecule has 21 heavy (non-hydrogen) atoms.